The van der Waals surface area contributed by atoms with Crippen molar-refractivity contribution in [2.75, 3.05) is 0 Å². The van der Waals surface area contributed by atoms with E-state index < -0.39 is 35.2 Å². The lowest BCUT2D eigenvalue weighted by Crippen LogP contribution is -2.54. The maximum atomic E-state index is 12.3. The number of aliphatic imine (C=N–C) groups is 1. The Morgan fingerprint density at radius 3 is 2.40 bits per heavy atom. The van der Waals surface area contributed by atoms with Crippen molar-refractivity contribution >= 4 is 29.3 Å². The topological polar surface area (TPSA) is 111 Å². The van der Waals surface area contributed by atoms with E-state index in [0.29, 0.717) is 16.3 Å². The number of carboxylic acids is 2. The number of carbonyl (C=O) groups is 2. The number of halogens is 1. The van der Waals surface area contributed by atoms with Crippen LogP contribution in [0, 0.1) is 22.7 Å². The molecular formula is C18H19ClN2O4. The quantitative estimate of drug-likeness (QED) is 0.834. The zero-order chi connectivity index (χ0) is 18.8. The Hall–Kier alpha value is -2.39. The zero-order valence-corrected chi connectivity index (χ0v) is 14.7. The van der Waals surface area contributed by atoms with Crippen LogP contribution in [0.5, 0.6) is 0 Å². The smallest absolute Gasteiger partial charge is 0.312 e. The van der Waals surface area contributed by atoms with Gasteiger partial charge in [0.2, 0.25) is 0 Å². The molecule has 0 bridgehead atoms. The van der Waals surface area contributed by atoms with Crippen molar-refractivity contribution in [1.29, 1.82) is 5.26 Å². The fourth-order valence-corrected chi connectivity index (χ4v) is 3.95. The van der Waals surface area contributed by atoms with Gasteiger partial charge >= 0.3 is 11.9 Å². The summed E-state index contributed by atoms with van der Waals surface area (Å²) in [6.45, 7) is 3.27. The lowest BCUT2D eigenvalue weighted by atomic mass is 9.58. The van der Waals surface area contributed by atoms with Gasteiger partial charge in [-0.2, -0.15) is 5.26 Å². The molecule has 2 N–H and O–H groups in total. The van der Waals surface area contributed by atoms with Crippen LogP contribution in [0.15, 0.2) is 29.3 Å². The summed E-state index contributed by atoms with van der Waals surface area (Å²) in [6, 6.07) is 7.83. The van der Waals surface area contributed by atoms with E-state index >= 15 is 0 Å². The van der Waals surface area contributed by atoms with Crippen LogP contribution >= 0.6 is 11.6 Å². The summed E-state index contributed by atoms with van der Waals surface area (Å²) in [5.41, 5.74) is -0.529. The Bertz CT molecular complexity index is 753. The molecule has 0 aliphatic carbocycles. The summed E-state index contributed by atoms with van der Waals surface area (Å²) in [7, 11) is 0. The summed E-state index contributed by atoms with van der Waals surface area (Å²) in [4.78, 5) is 28.6. The Balaban J connectivity index is 2.75. The SMILES string of the molecule is CC1=NC(C)C(CCC#N)(C(=O)O)C(c2ccc(Cl)cc2)C1C(=O)O. The van der Waals surface area contributed by atoms with Crippen molar-refractivity contribution in [1.82, 2.24) is 0 Å². The predicted octanol–water partition coefficient (Wildman–Crippen LogP) is 3.36. The predicted molar refractivity (Wildman–Crippen MR) is 92.8 cm³/mol. The van der Waals surface area contributed by atoms with E-state index in [1.165, 1.54) is 0 Å². The Morgan fingerprint density at radius 2 is 1.92 bits per heavy atom. The molecule has 132 valence electrons. The number of hydrogen-bond donors (Lipinski definition) is 2. The summed E-state index contributed by atoms with van der Waals surface area (Å²) in [6.07, 6.45) is 0.0233. The molecule has 0 fully saturated rings. The van der Waals surface area contributed by atoms with Crippen LogP contribution < -0.4 is 0 Å². The average Bonchev–Trinajstić information content (AvgIpc) is 2.53. The van der Waals surface area contributed by atoms with Crippen LogP contribution in [0.4, 0.5) is 0 Å². The van der Waals surface area contributed by atoms with Crippen molar-refractivity contribution in [3.63, 3.8) is 0 Å². The van der Waals surface area contributed by atoms with Gasteiger partial charge in [0.1, 0.15) is 5.92 Å². The van der Waals surface area contributed by atoms with Crippen LogP contribution in [0.25, 0.3) is 0 Å². The monoisotopic (exact) mass is 362 g/mol. The first-order valence-corrected chi connectivity index (χ1v) is 8.26. The van der Waals surface area contributed by atoms with Gasteiger partial charge in [0.15, 0.2) is 0 Å². The molecule has 0 aromatic heterocycles. The Kier molecular flexibility index (Phi) is 5.48. The molecule has 0 amide bonds. The fourth-order valence-electron chi connectivity index (χ4n) is 3.83. The van der Waals surface area contributed by atoms with Gasteiger partial charge < -0.3 is 10.2 Å². The second-order valence-corrected chi connectivity index (χ2v) is 6.73. The van der Waals surface area contributed by atoms with E-state index in [0.717, 1.165) is 0 Å². The number of carboxylic acid groups (broad SMARTS) is 2. The zero-order valence-electron chi connectivity index (χ0n) is 13.9. The van der Waals surface area contributed by atoms with Gasteiger partial charge in [-0.1, -0.05) is 23.7 Å². The molecule has 4 unspecified atom stereocenters. The van der Waals surface area contributed by atoms with Crippen molar-refractivity contribution in [3.8, 4) is 6.07 Å². The van der Waals surface area contributed by atoms with Gasteiger partial charge in [-0.05, 0) is 38.0 Å². The number of benzene rings is 1. The van der Waals surface area contributed by atoms with E-state index in [2.05, 4.69) is 4.99 Å². The lowest BCUT2D eigenvalue weighted by molar-refractivity contribution is -0.155. The van der Waals surface area contributed by atoms with Gasteiger partial charge in [0, 0.05) is 23.1 Å². The summed E-state index contributed by atoms with van der Waals surface area (Å²) in [5.74, 6) is -4.19. The second kappa shape index (κ2) is 7.24. The van der Waals surface area contributed by atoms with E-state index in [1.54, 1.807) is 38.1 Å². The van der Waals surface area contributed by atoms with E-state index in [9.17, 15) is 19.8 Å². The molecule has 1 aliphatic heterocycles. The highest BCUT2D eigenvalue weighted by molar-refractivity contribution is 6.30. The van der Waals surface area contributed by atoms with E-state index in [-0.39, 0.29) is 12.8 Å². The minimum Gasteiger partial charge on any atom is -0.481 e. The van der Waals surface area contributed by atoms with Crippen molar-refractivity contribution < 1.29 is 19.8 Å². The third-order valence-corrected chi connectivity index (χ3v) is 5.28. The third-order valence-electron chi connectivity index (χ3n) is 5.03. The standard InChI is InChI=1S/C18H19ClN2O4/c1-10-14(16(22)23)15(12-4-6-13(19)7-5-12)18(17(24)25,8-3-9-20)11(2)21-10/h4-7,11,14-15H,3,8H2,1-2H3,(H,22,23)(H,24,25). The van der Waals surface area contributed by atoms with Crippen LogP contribution in [0.2, 0.25) is 5.02 Å². The molecule has 1 aromatic rings. The molecule has 7 heteroatoms. The number of hydrogen-bond acceptors (Lipinski definition) is 4. The third kappa shape index (κ3) is 3.24. The number of nitriles is 1. The van der Waals surface area contributed by atoms with Gasteiger partial charge in [-0.3, -0.25) is 14.6 Å². The Labute approximate surface area is 150 Å². The van der Waals surface area contributed by atoms with Crippen molar-refractivity contribution in [2.45, 2.75) is 38.6 Å². The molecule has 1 aliphatic rings. The minimum atomic E-state index is -1.48. The molecule has 1 aromatic carbocycles. The number of nitrogens with zero attached hydrogens (tertiary/aromatic N) is 2. The molecule has 0 saturated carbocycles. The van der Waals surface area contributed by atoms with Crippen molar-refractivity contribution in [2.24, 2.45) is 16.3 Å². The largest absolute Gasteiger partial charge is 0.481 e. The molecule has 0 radical (unpaired) electrons. The first kappa shape index (κ1) is 18.9. The van der Waals surface area contributed by atoms with Crippen LogP contribution in [0.3, 0.4) is 0 Å². The van der Waals surface area contributed by atoms with Crippen LogP contribution in [-0.4, -0.2) is 33.9 Å². The van der Waals surface area contributed by atoms with Gasteiger partial charge in [-0.25, -0.2) is 0 Å². The molecule has 6 nitrogen and oxygen atoms in total. The summed E-state index contributed by atoms with van der Waals surface area (Å²) >= 11 is 5.92. The number of rotatable bonds is 5. The first-order chi connectivity index (χ1) is 11.8. The maximum absolute atomic E-state index is 12.3. The molecule has 2 rings (SSSR count). The van der Waals surface area contributed by atoms with Gasteiger partial charge in [0.05, 0.1) is 17.5 Å². The molecule has 1 heterocycles. The number of aliphatic carboxylic acids is 2. The minimum absolute atomic E-state index is 0.00162. The molecular weight excluding hydrogens is 344 g/mol. The van der Waals surface area contributed by atoms with Gasteiger partial charge in [-0.15, -0.1) is 0 Å². The average molecular weight is 363 g/mol. The first-order valence-electron chi connectivity index (χ1n) is 7.88. The van der Waals surface area contributed by atoms with Crippen molar-refractivity contribution in [3.05, 3.63) is 34.9 Å². The van der Waals surface area contributed by atoms with E-state index in [4.69, 9.17) is 16.9 Å². The van der Waals surface area contributed by atoms with E-state index in [1.807, 2.05) is 6.07 Å². The normalized spacial score (nSPS) is 28.7. The maximum Gasteiger partial charge on any atom is 0.312 e. The molecule has 4 atom stereocenters. The molecule has 0 spiro atoms. The highest BCUT2D eigenvalue weighted by Crippen LogP contribution is 2.51. The Morgan fingerprint density at radius 1 is 1.32 bits per heavy atom. The highest BCUT2D eigenvalue weighted by atomic mass is 35.5. The summed E-state index contributed by atoms with van der Waals surface area (Å²) < 4.78 is 0. The molecule has 25 heavy (non-hydrogen) atoms. The highest BCUT2D eigenvalue weighted by Gasteiger charge is 2.57. The second-order valence-electron chi connectivity index (χ2n) is 6.30. The fraction of sp³-hybridized carbons (Fsp3) is 0.444. The summed E-state index contributed by atoms with van der Waals surface area (Å²) in [5, 5.41) is 29.3. The van der Waals surface area contributed by atoms with Gasteiger partial charge in [0.25, 0.3) is 0 Å². The molecule has 0 saturated heterocycles. The lowest BCUT2D eigenvalue weighted by Gasteiger charge is -2.46. The van der Waals surface area contributed by atoms with Crippen LogP contribution in [0.1, 0.15) is 38.2 Å². The van der Waals surface area contributed by atoms with Crippen LogP contribution in [-0.2, 0) is 9.59 Å².